The smallest absolute Gasteiger partial charge is 0.252 e. The van der Waals surface area contributed by atoms with Gasteiger partial charge in [0.25, 0.3) is 5.92 Å². The van der Waals surface area contributed by atoms with Crippen LogP contribution in [0.25, 0.3) is 0 Å². The molecule has 0 atom stereocenters. The Balaban J connectivity index is 2.39. The van der Waals surface area contributed by atoms with E-state index in [2.05, 4.69) is 0 Å². The summed E-state index contributed by atoms with van der Waals surface area (Å²) in [5, 5.41) is 0. The maximum atomic E-state index is 13.3. The van der Waals surface area contributed by atoms with Crippen LogP contribution in [-0.4, -0.2) is 5.92 Å². The lowest BCUT2D eigenvalue weighted by Crippen LogP contribution is -2.56. The van der Waals surface area contributed by atoms with E-state index in [9.17, 15) is 17.6 Å². The first kappa shape index (κ1) is 10.4. The Morgan fingerprint density at radius 3 is 1.93 bits per heavy atom. The summed E-state index contributed by atoms with van der Waals surface area (Å²) in [6, 6.07) is 3.21. The Morgan fingerprint density at radius 2 is 1.53 bits per heavy atom. The van der Waals surface area contributed by atoms with Crippen molar-refractivity contribution in [3.8, 4) is 0 Å². The molecule has 0 bridgehead atoms. The summed E-state index contributed by atoms with van der Waals surface area (Å²) < 4.78 is 51.8. The van der Waals surface area contributed by atoms with Gasteiger partial charge in [0.2, 0.25) is 0 Å². The Morgan fingerprint density at radius 1 is 1.07 bits per heavy atom. The molecule has 0 unspecified atom stereocenters. The molecule has 0 aromatic heterocycles. The fraction of sp³-hybridized carbons (Fsp3) is 0.400. The second kappa shape index (κ2) is 2.95. The van der Waals surface area contributed by atoms with Crippen LogP contribution < -0.4 is 5.73 Å². The first-order valence-corrected chi connectivity index (χ1v) is 4.45. The number of alkyl halides is 2. The second-order valence-electron chi connectivity index (χ2n) is 3.96. The zero-order valence-corrected chi connectivity index (χ0v) is 7.74. The van der Waals surface area contributed by atoms with E-state index in [4.69, 9.17) is 5.73 Å². The first-order valence-electron chi connectivity index (χ1n) is 4.45. The highest BCUT2D eigenvalue weighted by Crippen LogP contribution is 2.50. The molecule has 1 aromatic rings. The molecule has 1 aliphatic carbocycles. The zero-order valence-electron chi connectivity index (χ0n) is 7.74. The van der Waals surface area contributed by atoms with Crippen molar-refractivity contribution in [1.29, 1.82) is 0 Å². The predicted octanol–water partition coefficient (Wildman–Crippen LogP) is 2.55. The minimum absolute atomic E-state index is 0.434. The minimum Gasteiger partial charge on any atom is -0.321 e. The van der Waals surface area contributed by atoms with E-state index in [1.807, 2.05) is 0 Å². The topological polar surface area (TPSA) is 26.0 Å². The first-order chi connectivity index (χ1) is 6.84. The van der Waals surface area contributed by atoms with Crippen molar-refractivity contribution >= 4 is 0 Å². The van der Waals surface area contributed by atoms with Gasteiger partial charge in [0.05, 0.1) is 5.54 Å². The molecule has 1 aliphatic rings. The fourth-order valence-electron chi connectivity index (χ4n) is 2.02. The van der Waals surface area contributed by atoms with Crippen molar-refractivity contribution in [3.05, 3.63) is 35.4 Å². The van der Waals surface area contributed by atoms with Crippen LogP contribution in [0.1, 0.15) is 18.4 Å². The summed E-state index contributed by atoms with van der Waals surface area (Å²) in [5.74, 6) is -4.65. The van der Waals surface area contributed by atoms with Crippen LogP contribution in [-0.2, 0) is 5.54 Å². The molecule has 0 heterocycles. The van der Waals surface area contributed by atoms with Gasteiger partial charge in [-0.1, -0.05) is 6.07 Å². The zero-order chi connectivity index (χ0) is 11.3. The molecule has 0 amide bonds. The highest BCUT2D eigenvalue weighted by molar-refractivity contribution is 5.31. The van der Waals surface area contributed by atoms with Crippen LogP contribution in [0.2, 0.25) is 0 Å². The normalized spacial score (nSPS) is 22.2. The molecule has 1 saturated carbocycles. The molecule has 2 N–H and O–H groups in total. The van der Waals surface area contributed by atoms with Gasteiger partial charge in [0.1, 0.15) is 11.6 Å². The van der Waals surface area contributed by atoms with Crippen molar-refractivity contribution in [3.63, 3.8) is 0 Å². The molecule has 0 saturated heterocycles. The van der Waals surface area contributed by atoms with Crippen molar-refractivity contribution in [2.45, 2.75) is 24.3 Å². The van der Waals surface area contributed by atoms with Gasteiger partial charge in [-0.05, 0) is 12.1 Å². The van der Waals surface area contributed by atoms with E-state index in [-0.39, 0.29) is 0 Å². The number of benzene rings is 1. The van der Waals surface area contributed by atoms with Gasteiger partial charge in [-0.2, -0.15) is 0 Å². The summed E-state index contributed by atoms with van der Waals surface area (Å²) in [6.07, 6.45) is -1.42. The standard InChI is InChI=1S/C10H9F4N/c11-6-2-1-3-7(12)8(6)9(15)4-10(13,14)5-9/h1-3H,4-5,15H2. The molecule has 0 spiro atoms. The van der Waals surface area contributed by atoms with Crippen LogP contribution in [0.3, 0.4) is 0 Å². The molecule has 1 nitrogen and oxygen atoms in total. The van der Waals surface area contributed by atoms with Gasteiger partial charge in [-0.3, -0.25) is 0 Å². The Labute approximate surface area is 83.9 Å². The Bertz CT molecular complexity index is 374. The summed E-state index contributed by atoms with van der Waals surface area (Å²) in [7, 11) is 0. The third-order valence-electron chi connectivity index (χ3n) is 2.61. The van der Waals surface area contributed by atoms with Gasteiger partial charge in [-0.25, -0.2) is 17.6 Å². The van der Waals surface area contributed by atoms with Crippen LogP contribution in [0, 0.1) is 11.6 Å². The molecule has 0 aliphatic heterocycles. The van der Waals surface area contributed by atoms with Gasteiger partial charge in [-0.15, -0.1) is 0 Å². The largest absolute Gasteiger partial charge is 0.321 e. The molecule has 82 valence electrons. The van der Waals surface area contributed by atoms with Gasteiger partial charge in [0.15, 0.2) is 0 Å². The highest BCUT2D eigenvalue weighted by atomic mass is 19.3. The minimum atomic E-state index is -2.91. The summed E-state index contributed by atoms with van der Waals surface area (Å²) >= 11 is 0. The van der Waals surface area contributed by atoms with E-state index in [1.54, 1.807) is 0 Å². The molecular weight excluding hydrogens is 210 g/mol. The molecule has 5 heteroatoms. The summed E-state index contributed by atoms with van der Waals surface area (Å²) in [5.41, 5.74) is 3.54. The number of hydrogen-bond acceptors (Lipinski definition) is 1. The summed E-state index contributed by atoms with van der Waals surface area (Å²) in [6.45, 7) is 0. The lowest BCUT2D eigenvalue weighted by atomic mass is 9.69. The van der Waals surface area contributed by atoms with Crippen LogP contribution in [0.5, 0.6) is 0 Å². The third kappa shape index (κ3) is 1.61. The second-order valence-corrected chi connectivity index (χ2v) is 3.96. The molecular formula is C10H9F4N. The molecule has 15 heavy (non-hydrogen) atoms. The van der Waals surface area contributed by atoms with E-state index < -0.39 is 41.5 Å². The van der Waals surface area contributed by atoms with Crippen LogP contribution >= 0.6 is 0 Å². The summed E-state index contributed by atoms with van der Waals surface area (Å²) in [4.78, 5) is 0. The van der Waals surface area contributed by atoms with E-state index in [1.165, 1.54) is 6.07 Å². The van der Waals surface area contributed by atoms with Crippen molar-refractivity contribution in [1.82, 2.24) is 0 Å². The maximum absolute atomic E-state index is 13.3. The number of halogens is 4. The molecule has 1 fully saturated rings. The predicted molar refractivity (Wildman–Crippen MR) is 46.4 cm³/mol. The SMILES string of the molecule is NC1(c2c(F)cccc2F)CC(F)(F)C1. The Hall–Kier alpha value is -1.10. The van der Waals surface area contributed by atoms with Gasteiger partial charge in [0, 0.05) is 18.4 Å². The molecule has 2 rings (SSSR count). The van der Waals surface area contributed by atoms with Crippen LogP contribution in [0.15, 0.2) is 18.2 Å². The number of hydrogen-bond donors (Lipinski definition) is 1. The molecule has 1 aromatic carbocycles. The molecule has 0 radical (unpaired) electrons. The highest BCUT2D eigenvalue weighted by Gasteiger charge is 2.57. The van der Waals surface area contributed by atoms with Gasteiger partial charge >= 0.3 is 0 Å². The average Bonchev–Trinajstić information content (AvgIpc) is 1.98. The van der Waals surface area contributed by atoms with E-state index in [0.29, 0.717) is 0 Å². The fourth-order valence-corrected chi connectivity index (χ4v) is 2.02. The third-order valence-corrected chi connectivity index (χ3v) is 2.61. The monoisotopic (exact) mass is 219 g/mol. The lowest BCUT2D eigenvalue weighted by molar-refractivity contribution is -0.126. The van der Waals surface area contributed by atoms with Gasteiger partial charge < -0.3 is 5.73 Å². The van der Waals surface area contributed by atoms with Crippen molar-refractivity contribution in [2.24, 2.45) is 5.73 Å². The van der Waals surface area contributed by atoms with Crippen molar-refractivity contribution < 1.29 is 17.6 Å². The van der Waals surface area contributed by atoms with E-state index >= 15 is 0 Å². The van der Waals surface area contributed by atoms with Crippen LogP contribution in [0.4, 0.5) is 17.6 Å². The average molecular weight is 219 g/mol. The van der Waals surface area contributed by atoms with E-state index in [0.717, 1.165) is 12.1 Å². The Kier molecular flexibility index (Phi) is 2.05. The maximum Gasteiger partial charge on any atom is 0.252 e. The number of rotatable bonds is 1. The number of nitrogens with two attached hydrogens (primary N) is 1. The van der Waals surface area contributed by atoms with Crippen molar-refractivity contribution in [2.75, 3.05) is 0 Å². The lowest BCUT2D eigenvalue weighted by Gasteiger charge is -2.44. The quantitative estimate of drug-likeness (QED) is 0.721.